The molecule has 0 aliphatic rings. The smallest absolute Gasteiger partial charge is 0.283 e. The molecule has 1 rings (SSSR count). The Morgan fingerprint density at radius 3 is 2.71 bits per heavy atom. The fourth-order valence-corrected chi connectivity index (χ4v) is 1.80. The molecule has 0 spiro atoms. The summed E-state index contributed by atoms with van der Waals surface area (Å²) in [6.45, 7) is 0.294. The predicted octanol–water partition coefficient (Wildman–Crippen LogP) is 2.56. The monoisotopic (exact) mass is 276 g/mol. The lowest BCUT2D eigenvalue weighted by Gasteiger charge is -2.16. The van der Waals surface area contributed by atoms with Crippen LogP contribution in [0.4, 0.5) is 5.69 Å². The van der Waals surface area contributed by atoms with Crippen molar-refractivity contribution in [3.05, 3.63) is 38.9 Å². The molecule has 0 radical (unpaired) electrons. The molecule has 0 aliphatic heterocycles. The van der Waals surface area contributed by atoms with Crippen molar-refractivity contribution in [2.45, 2.75) is 0 Å². The summed E-state index contributed by atoms with van der Waals surface area (Å²) in [6, 6.07) is 4.11. The van der Waals surface area contributed by atoms with E-state index >= 15 is 0 Å². The molecule has 92 valence electrons. The van der Waals surface area contributed by atoms with Crippen molar-refractivity contribution < 1.29 is 9.72 Å². The van der Waals surface area contributed by atoms with Crippen LogP contribution < -0.4 is 0 Å². The van der Waals surface area contributed by atoms with Gasteiger partial charge in [-0.2, -0.15) is 0 Å². The van der Waals surface area contributed by atoms with E-state index < -0.39 is 10.8 Å². The van der Waals surface area contributed by atoms with Crippen molar-refractivity contribution in [3.8, 4) is 0 Å². The number of carbonyl (C=O) groups is 1. The maximum Gasteiger partial charge on any atom is 0.283 e. The van der Waals surface area contributed by atoms with Crippen LogP contribution in [0.5, 0.6) is 0 Å². The van der Waals surface area contributed by atoms with Crippen LogP contribution in [0.3, 0.4) is 0 Å². The van der Waals surface area contributed by atoms with Gasteiger partial charge in [0.25, 0.3) is 11.6 Å². The molecule has 7 heteroatoms. The molecule has 0 atom stereocenters. The quantitative estimate of drug-likeness (QED) is 0.482. The average molecular weight is 277 g/mol. The Balaban J connectivity index is 3.20. The number of rotatable bonds is 4. The zero-order chi connectivity index (χ0) is 13.0. The van der Waals surface area contributed by atoms with Gasteiger partial charge < -0.3 is 4.90 Å². The van der Waals surface area contributed by atoms with Crippen LogP contribution in [-0.2, 0) is 0 Å². The molecule has 0 aromatic heterocycles. The van der Waals surface area contributed by atoms with Crippen molar-refractivity contribution in [2.75, 3.05) is 19.5 Å². The minimum absolute atomic E-state index is 0.0608. The van der Waals surface area contributed by atoms with Gasteiger partial charge in [-0.25, -0.2) is 0 Å². The van der Waals surface area contributed by atoms with Crippen LogP contribution in [0.15, 0.2) is 18.2 Å². The number of nitro groups is 1. The van der Waals surface area contributed by atoms with Crippen LogP contribution >= 0.6 is 23.2 Å². The zero-order valence-electron chi connectivity index (χ0n) is 9.02. The summed E-state index contributed by atoms with van der Waals surface area (Å²) in [5, 5.41) is 10.9. The Labute approximate surface area is 108 Å². The number of nitrogens with zero attached hydrogens (tertiary/aromatic N) is 2. The Bertz CT molecular complexity index is 451. The van der Waals surface area contributed by atoms with Crippen molar-refractivity contribution in [3.63, 3.8) is 0 Å². The summed E-state index contributed by atoms with van der Waals surface area (Å²) in [7, 11) is 1.51. The summed E-state index contributed by atoms with van der Waals surface area (Å²) >= 11 is 11.3. The van der Waals surface area contributed by atoms with E-state index in [0.29, 0.717) is 6.54 Å². The normalized spacial score (nSPS) is 10.1. The van der Waals surface area contributed by atoms with Gasteiger partial charge in [-0.05, 0) is 6.07 Å². The molecular formula is C10H10Cl2N2O3. The van der Waals surface area contributed by atoms with E-state index in [9.17, 15) is 14.9 Å². The molecule has 0 saturated heterocycles. The van der Waals surface area contributed by atoms with Gasteiger partial charge in [0, 0.05) is 25.5 Å². The van der Waals surface area contributed by atoms with E-state index in [1.807, 2.05) is 0 Å². The Kier molecular flexibility index (Phi) is 4.72. The number of carbonyl (C=O) groups excluding carboxylic acids is 1. The number of alkyl halides is 1. The zero-order valence-corrected chi connectivity index (χ0v) is 10.5. The minimum Gasteiger partial charge on any atom is -0.340 e. The first-order valence-corrected chi connectivity index (χ1v) is 5.64. The number of amides is 1. The number of hydrogen-bond donors (Lipinski definition) is 0. The second kappa shape index (κ2) is 5.84. The molecule has 0 bridgehead atoms. The van der Waals surface area contributed by atoms with Gasteiger partial charge >= 0.3 is 0 Å². The largest absolute Gasteiger partial charge is 0.340 e. The van der Waals surface area contributed by atoms with Gasteiger partial charge in [-0.15, -0.1) is 11.6 Å². The number of hydrogen-bond acceptors (Lipinski definition) is 3. The summed E-state index contributed by atoms with van der Waals surface area (Å²) in [4.78, 5) is 23.4. The summed E-state index contributed by atoms with van der Waals surface area (Å²) < 4.78 is 0. The highest BCUT2D eigenvalue weighted by Crippen LogP contribution is 2.27. The van der Waals surface area contributed by atoms with Gasteiger partial charge in [0.05, 0.1) is 9.95 Å². The van der Waals surface area contributed by atoms with Gasteiger partial charge in [0.15, 0.2) is 0 Å². The summed E-state index contributed by atoms with van der Waals surface area (Å²) in [6.07, 6.45) is 0. The summed E-state index contributed by atoms with van der Waals surface area (Å²) in [5.74, 6) is -0.261. The summed E-state index contributed by atoms with van der Waals surface area (Å²) in [5.41, 5.74) is -0.407. The lowest BCUT2D eigenvalue weighted by Crippen LogP contribution is -2.29. The van der Waals surface area contributed by atoms with E-state index in [1.54, 1.807) is 0 Å². The average Bonchev–Trinajstić information content (AvgIpc) is 2.28. The highest BCUT2D eigenvalue weighted by molar-refractivity contribution is 6.34. The second-order valence-electron chi connectivity index (χ2n) is 3.31. The van der Waals surface area contributed by atoms with Crippen LogP contribution in [-0.4, -0.2) is 35.2 Å². The SMILES string of the molecule is CN(CCCl)C(=O)c1c(Cl)cccc1[N+](=O)[O-]. The lowest BCUT2D eigenvalue weighted by molar-refractivity contribution is -0.385. The Morgan fingerprint density at radius 1 is 1.53 bits per heavy atom. The molecule has 0 fully saturated rings. The Morgan fingerprint density at radius 2 is 2.18 bits per heavy atom. The molecule has 1 amide bonds. The molecule has 0 aliphatic carbocycles. The van der Waals surface area contributed by atoms with E-state index in [0.717, 1.165) is 0 Å². The van der Waals surface area contributed by atoms with Crippen LogP contribution in [0.2, 0.25) is 5.02 Å². The van der Waals surface area contributed by atoms with Gasteiger partial charge in [-0.1, -0.05) is 17.7 Å². The lowest BCUT2D eigenvalue weighted by atomic mass is 10.1. The third-order valence-electron chi connectivity index (χ3n) is 2.17. The third kappa shape index (κ3) is 3.08. The molecule has 17 heavy (non-hydrogen) atoms. The standard InChI is InChI=1S/C10H10Cl2N2O3/c1-13(6-5-11)10(15)9-7(12)3-2-4-8(9)14(16)17/h2-4H,5-6H2,1H3. The highest BCUT2D eigenvalue weighted by atomic mass is 35.5. The molecule has 1 aromatic rings. The van der Waals surface area contributed by atoms with Crippen molar-refractivity contribution in [1.82, 2.24) is 4.90 Å². The van der Waals surface area contributed by atoms with E-state index in [4.69, 9.17) is 23.2 Å². The van der Waals surface area contributed by atoms with E-state index in [1.165, 1.54) is 30.1 Å². The Hall–Kier alpha value is -1.33. The van der Waals surface area contributed by atoms with Crippen molar-refractivity contribution >= 4 is 34.8 Å². The first kappa shape index (κ1) is 13.7. The topological polar surface area (TPSA) is 63.5 Å². The molecule has 0 unspecified atom stereocenters. The first-order valence-electron chi connectivity index (χ1n) is 4.73. The predicted molar refractivity (Wildman–Crippen MR) is 65.8 cm³/mol. The van der Waals surface area contributed by atoms with Gasteiger partial charge in [0.1, 0.15) is 5.56 Å². The van der Waals surface area contributed by atoms with Crippen LogP contribution in [0.25, 0.3) is 0 Å². The van der Waals surface area contributed by atoms with E-state index in [-0.39, 0.29) is 22.2 Å². The molecule has 5 nitrogen and oxygen atoms in total. The number of nitro benzene ring substituents is 1. The fraction of sp³-hybridized carbons (Fsp3) is 0.300. The maximum atomic E-state index is 12.0. The second-order valence-corrected chi connectivity index (χ2v) is 4.09. The van der Waals surface area contributed by atoms with Gasteiger partial charge in [-0.3, -0.25) is 14.9 Å². The highest BCUT2D eigenvalue weighted by Gasteiger charge is 2.25. The molecule has 0 N–H and O–H groups in total. The van der Waals surface area contributed by atoms with E-state index in [2.05, 4.69) is 0 Å². The first-order chi connectivity index (χ1) is 7.99. The number of benzene rings is 1. The van der Waals surface area contributed by atoms with Crippen LogP contribution in [0, 0.1) is 10.1 Å². The molecular weight excluding hydrogens is 267 g/mol. The molecule has 1 aromatic carbocycles. The third-order valence-corrected chi connectivity index (χ3v) is 2.65. The maximum absolute atomic E-state index is 12.0. The van der Waals surface area contributed by atoms with Crippen molar-refractivity contribution in [2.24, 2.45) is 0 Å². The van der Waals surface area contributed by atoms with Crippen molar-refractivity contribution in [1.29, 1.82) is 0 Å². The minimum atomic E-state index is -0.631. The van der Waals surface area contributed by atoms with Crippen LogP contribution in [0.1, 0.15) is 10.4 Å². The number of halogens is 2. The molecule has 0 heterocycles. The van der Waals surface area contributed by atoms with Gasteiger partial charge in [0.2, 0.25) is 0 Å². The molecule has 0 saturated carbocycles. The fourth-order valence-electron chi connectivity index (χ4n) is 1.30.